The van der Waals surface area contributed by atoms with Gasteiger partial charge < -0.3 is 10.2 Å². The Morgan fingerprint density at radius 1 is 1.53 bits per heavy atom. The van der Waals surface area contributed by atoms with Gasteiger partial charge in [0.05, 0.1) is 5.69 Å². The number of rotatable bonds is 4. The van der Waals surface area contributed by atoms with Crippen LogP contribution in [0.1, 0.15) is 30.8 Å². The Kier molecular flexibility index (Phi) is 4.05. The molecule has 0 spiro atoms. The van der Waals surface area contributed by atoms with E-state index in [2.05, 4.69) is 31.0 Å². The van der Waals surface area contributed by atoms with Crippen LogP contribution in [0.5, 0.6) is 0 Å². The second-order valence-corrected chi connectivity index (χ2v) is 6.34. The van der Waals surface area contributed by atoms with E-state index in [1.54, 1.807) is 0 Å². The summed E-state index contributed by atoms with van der Waals surface area (Å²) in [6.07, 6.45) is 1.32. The molecule has 1 aliphatic heterocycles. The minimum atomic E-state index is 0.790. The second-order valence-electron chi connectivity index (χ2n) is 5.27. The number of aromatic nitrogens is 1. The van der Waals surface area contributed by atoms with Crippen LogP contribution in [0.25, 0.3) is 0 Å². The molecule has 0 aromatic carbocycles. The summed E-state index contributed by atoms with van der Waals surface area (Å²) in [5, 5.41) is 4.43. The normalized spacial score (nSPS) is 20.5. The molecule has 1 atom stereocenters. The van der Waals surface area contributed by atoms with Crippen LogP contribution in [0.3, 0.4) is 0 Å². The smallest absolute Gasteiger partial charge is 0.185 e. The molecule has 1 N–H and O–H groups in total. The summed E-state index contributed by atoms with van der Waals surface area (Å²) in [5.41, 5.74) is 1.19. The summed E-state index contributed by atoms with van der Waals surface area (Å²) >= 11 is 1.85. The van der Waals surface area contributed by atoms with Crippen molar-refractivity contribution in [2.75, 3.05) is 25.0 Å². The first-order valence-electron chi connectivity index (χ1n) is 6.47. The molecule has 2 rings (SSSR count). The molecule has 0 saturated carbocycles. The lowest BCUT2D eigenvalue weighted by molar-refractivity contribution is 0.422. The van der Waals surface area contributed by atoms with Gasteiger partial charge in [-0.1, -0.05) is 13.8 Å². The van der Waals surface area contributed by atoms with Gasteiger partial charge in [-0.2, -0.15) is 0 Å². The maximum absolute atomic E-state index is 4.71. The van der Waals surface area contributed by atoms with Crippen LogP contribution in [0, 0.1) is 18.8 Å². The number of nitrogens with one attached hydrogen (secondary N) is 1. The van der Waals surface area contributed by atoms with Crippen molar-refractivity contribution >= 4 is 16.5 Å². The Bertz CT molecular complexity index is 373. The molecule has 3 nitrogen and oxygen atoms in total. The molecule has 1 saturated heterocycles. The molecule has 1 aliphatic rings. The number of thiazole rings is 1. The van der Waals surface area contributed by atoms with E-state index in [0.717, 1.165) is 18.4 Å². The highest BCUT2D eigenvalue weighted by Gasteiger charge is 2.26. The highest BCUT2D eigenvalue weighted by molar-refractivity contribution is 7.15. The zero-order valence-corrected chi connectivity index (χ0v) is 12.1. The predicted molar refractivity (Wildman–Crippen MR) is 74.8 cm³/mol. The fourth-order valence-corrected chi connectivity index (χ4v) is 3.49. The van der Waals surface area contributed by atoms with E-state index >= 15 is 0 Å². The SMILES string of the molecule is CNCc1sc(N2CCC(C(C)C)C2)nc1C. The lowest BCUT2D eigenvalue weighted by atomic mass is 9.95. The Labute approximate surface area is 108 Å². The molecule has 0 bridgehead atoms. The first kappa shape index (κ1) is 12.8. The maximum atomic E-state index is 4.71. The summed E-state index contributed by atoms with van der Waals surface area (Å²) in [5.74, 6) is 1.63. The molecular weight excluding hydrogens is 230 g/mol. The highest BCUT2D eigenvalue weighted by Crippen LogP contribution is 2.32. The van der Waals surface area contributed by atoms with Gasteiger partial charge in [-0.3, -0.25) is 0 Å². The number of aryl methyl sites for hydroxylation is 1. The molecule has 4 heteroatoms. The minimum absolute atomic E-state index is 0.790. The zero-order valence-electron chi connectivity index (χ0n) is 11.3. The van der Waals surface area contributed by atoms with Gasteiger partial charge in [-0.05, 0) is 32.2 Å². The third-order valence-corrected chi connectivity index (χ3v) is 4.87. The average molecular weight is 253 g/mol. The number of hydrogen-bond acceptors (Lipinski definition) is 4. The fraction of sp³-hybridized carbons (Fsp3) is 0.769. The molecule has 2 heterocycles. The third-order valence-electron chi connectivity index (χ3n) is 3.66. The van der Waals surface area contributed by atoms with Crippen molar-refractivity contribution in [3.05, 3.63) is 10.6 Å². The maximum Gasteiger partial charge on any atom is 0.185 e. The van der Waals surface area contributed by atoms with E-state index < -0.39 is 0 Å². The molecule has 0 amide bonds. The molecule has 1 fully saturated rings. The van der Waals surface area contributed by atoms with Crippen molar-refractivity contribution in [3.8, 4) is 0 Å². The van der Waals surface area contributed by atoms with Crippen LogP contribution < -0.4 is 10.2 Å². The predicted octanol–water partition coefficient (Wildman–Crippen LogP) is 2.65. The number of hydrogen-bond donors (Lipinski definition) is 1. The summed E-state index contributed by atoms with van der Waals surface area (Å²) in [6, 6.07) is 0. The topological polar surface area (TPSA) is 28.2 Å². The van der Waals surface area contributed by atoms with Crippen LogP contribution in [0.4, 0.5) is 5.13 Å². The fourth-order valence-electron chi connectivity index (χ4n) is 2.38. The van der Waals surface area contributed by atoms with E-state index in [-0.39, 0.29) is 0 Å². The van der Waals surface area contributed by atoms with Crippen molar-refractivity contribution in [2.24, 2.45) is 11.8 Å². The number of nitrogens with zero attached hydrogens (tertiary/aromatic N) is 2. The summed E-state index contributed by atoms with van der Waals surface area (Å²) < 4.78 is 0. The van der Waals surface area contributed by atoms with Crippen LogP contribution in [0.2, 0.25) is 0 Å². The lowest BCUT2D eigenvalue weighted by Gasteiger charge is -2.16. The molecular formula is C13H23N3S. The van der Waals surface area contributed by atoms with E-state index in [1.807, 2.05) is 18.4 Å². The molecule has 17 heavy (non-hydrogen) atoms. The molecule has 0 radical (unpaired) electrons. The standard InChI is InChI=1S/C13H23N3S/c1-9(2)11-5-6-16(8-11)13-15-10(3)12(17-13)7-14-4/h9,11,14H,5-8H2,1-4H3. The molecule has 96 valence electrons. The Morgan fingerprint density at radius 3 is 2.88 bits per heavy atom. The minimum Gasteiger partial charge on any atom is -0.348 e. The number of anilines is 1. The molecule has 1 unspecified atom stereocenters. The van der Waals surface area contributed by atoms with Gasteiger partial charge in [0.25, 0.3) is 0 Å². The first-order chi connectivity index (χ1) is 8.11. The quantitative estimate of drug-likeness (QED) is 0.894. The van der Waals surface area contributed by atoms with E-state index in [9.17, 15) is 0 Å². The molecule has 1 aromatic heterocycles. The van der Waals surface area contributed by atoms with Crippen molar-refractivity contribution < 1.29 is 0 Å². The second kappa shape index (κ2) is 5.36. The Morgan fingerprint density at radius 2 is 2.29 bits per heavy atom. The van der Waals surface area contributed by atoms with Crippen LogP contribution >= 0.6 is 11.3 Å². The third kappa shape index (κ3) is 2.80. The van der Waals surface area contributed by atoms with Crippen molar-refractivity contribution in [1.82, 2.24) is 10.3 Å². The lowest BCUT2D eigenvalue weighted by Crippen LogP contribution is -2.20. The van der Waals surface area contributed by atoms with Crippen molar-refractivity contribution in [1.29, 1.82) is 0 Å². The van der Waals surface area contributed by atoms with Crippen LogP contribution in [0.15, 0.2) is 0 Å². The van der Waals surface area contributed by atoms with Gasteiger partial charge in [-0.15, -0.1) is 11.3 Å². The van der Waals surface area contributed by atoms with Gasteiger partial charge in [0.1, 0.15) is 0 Å². The van der Waals surface area contributed by atoms with Crippen LogP contribution in [-0.4, -0.2) is 25.1 Å². The summed E-state index contributed by atoms with van der Waals surface area (Å²) in [6.45, 7) is 10.1. The molecule has 1 aromatic rings. The largest absolute Gasteiger partial charge is 0.348 e. The van der Waals surface area contributed by atoms with Gasteiger partial charge >= 0.3 is 0 Å². The zero-order chi connectivity index (χ0) is 12.4. The average Bonchev–Trinajstić information content (AvgIpc) is 2.86. The van der Waals surface area contributed by atoms with E-state index in [1.165, 1.54) is 35.2 Å². The Balaban J connectivity index is 2.06. The van der Waals surface area contributed by atoms with E-state index in [0.29, 0.717) is 0 Å². The first-order valence-corrected chi connectivity index (χ1v) is 7.29. The molecule has 0 aliphatic carbocycles. The Hall–Kier alpha value is -0.610. The van der Waals surface area contributed by atoms with Crippen LogP contribution in [-0.2, 0) is 6.54 Å². The van der Waals surface area contributed by atoms with Gasteiger partial charge in [0, 0.05) is 24.5 Å². The van der Waals surface area contributed by atoms with Gasteiger partial charge in [0.15, 0.2) is 5.13 Å². The van der Waals surface area contributed by atoms with Crippen molar-refractivity contribution in [2.45, 2.75) is 33.7 Å². The van der Waals surface area contributed by atoms with Crippen molar-refractivity contribution in [3.63, 3.8) is 0 Å². The summed E-state index contributed by atoms with van der Waals surface area (Å²) in [7, 11) is 1.99. The highest BCUT2D eigenvalue weighted by atomic mass is 32.1. The monoisotopic (exact) mass is 253 g/mol. The van der Waals surface area contributed by atoms with E-state index in [4.69, 9.17) is 4.98 Å². The van der Waals surface area contributed by atoms with Gasteiger partial charge in [-0.25, -0.2) is 4.98 Å². The van der Waals surface area contributed by atoms with Gasteiger partial charge in [0.2, 0.25) is 0 Å². The summed E-state index contributed by atoms with van der Waals surface area (Å²) in [4.78, 5) is 8.54.